The predicted molar refractivity (Wildman–Crippen MR) is 57.3 cm³/mol. The van der Waals surface area contributed by atoms with Gasteiger partial charge in [-0.1, -0.05) is 18.2 Å². The molecule has 4 N–H and O–H groups in total. The number of hydrogen-bond acceptors (Lipinski definition) is 4. The Bertz CT molecular complexity index is 465. The number of benzene rings is 1. The van der Waals surface area contributed by atoms with Gasteiger partial charge in [0, 0.05) is 12.1 Å². The third-order valence-corrected chi connectivity index (χ3v) is 2.62. The highest BCUT2D eigenvalue weighted by atomic mass is 15.3. The number of nitrogens with zero attached hydrogens (tertiary/aromatic N) is 2. The Hall–Kier alpha value is -2.04. The van der Waals surface area contributed by atoms with Gasteiger partial charge < -0.3 is 11.1 Å². The molecule has 1 aliphatic heterocycles. The second kappa shape index (κ2) is 2.98. The van der Waals surface area contributed by atoms with Crippen LogP contribution < -0.4 is 11.1 Å². The largest absolute Gasteiger partial charge is 0.375 e. The van der Waals surface area contributed by atoms with Gasteiger partial charge in [-0.05, 0) is 11.6 Å². The zero-order chi connectivity index (χ0) is 10.3. The van der Waals surface area contributed by atoms with Crippen LogP contribution in [0.3, 0.4) is 0 Å². The molecule has 0 saturated heterocycles. The van der Waals surface area contributed by atoms with E-state index in [0.717, 1.165) is 17.9 Å². The molecule has 0 bridgehead atoms. The van der Waals surface area contributed by atoms with Gasteiger partial charge in [0.15, 0.2) is 0 Å². The lowest BCUT2D eigenvalue weighted by Gasteiger charge is -2.05. The van der Waals surface area contributed by atoms with Crippen molar-refractivity contribution in [2.24, 2.45) is 0 Å². The highest BCUT2D eigenvalue weighted by molar-refractivity contribution is 5.57. The molecule has 15 heavy (non-hydrogen) atoms. The minimum Gasteiger partial charge on any atom is -0.375 e. The average molecular weight is 201 g/mol. The molecule has 0 amide bonds. The Balaban J connectivity index is 1.90. The maximum Gasteiger partial charge on any atom is 0.239 e. The molecule has 0 spiro atoms. The first-order valence-electron chi connectivity index (χ1n) is 4.85. The Kier molecular flexibility index (Phi) is 1.65. The molecule has 76 valence electrons. The van der Waals surface area contributed by atoms with Gasteiger partial charge in [0.05, 0.1) is 6.04 Å². The zero-order valence-corrected chi connectivity index (χ0v) is 8.07. The van der Waals surface area contributed by atoms with Crippen molar-refractivity contribution in [1.82, 2.24) is 15.2 Å². The SMILES string of the molecule is Nc1n[nH]c(C2Cc3ccccc3N2)n1. The first-order valence-corrected chi connectivity index (χ1v) is 4.85. The van der Waals surface area contributed by atoms with Crippen LogP contribution in [0.1, 0.15) is 17.4 Å². The van der Waals surface area contributed by atoms with Crippen molar-refractivity contribution in [3.8, 4) is 0 Å². The summed E-state index contributed by atoms with van der Waals surface area (Å²) in [5, 5.41) is 10.0. The lowest BCUT2D eigenvalue weighted by atomic mass is 10.1. The molecule has 0 aliphatic carbocycles. The van der Waals surface area contributed by atoms with Crippen LogP contribution in [0.2, 0.25) is 0 Å². The fourth-order valence-electron chi connectivity index (χ4n) is 1.91. The van der Waals surface area contributed by atoms with Crippen LogP contribution >= 0.6 is 0 Å². The van der Waals surface area contributed by atoms with Gasteiger partial charge in [-0.25, -0.2) is 0 Å². The first kappa shape index (κ1) is 8.28. The molecule has 2 heterocycles. The van der Waals surface area contributed by atoms with Crippen molar-refractivity contribution < 1.29 is 0 Å². The van der Waals surface area contributed by atoms with Crippen molar-refractivity contribution in [3.05, 3.63) is 35.7 Å². The second-order valence-corrected chi connectivity index (χ2v) is 3.64. The Morgan fingerprint density at radius 1 is 1.33 bits per heavy atom. The molecule has 2 aromatic rings. The van der Waals surface area contributed by atoms with E-state index in [4.69, 9.17) is 5.73 Å². The predicted octanol–water partition coefficient (Wildman–Crippen LogP) is 1.10. The van der Waals surface area contributed by atoms with E-state index in [-0.39, 0.29) is 6.04 Å². The van der Waals surface area contributed by atoms with Crippen LogP contribution in [-0.2, 0) is 6.42 Å². The summed E-state index contributed by atoms with van der Waals surface area (Å²) in [6, 6.07) is 8.39. The number of nitrogens with two attached hydrogens (primary N) is 1. The van der Waals surface area contributed by atoms with Crippen LogP contribution in [0.4, 0.5) is 11.6 Å². The van der Waals surface area contributed by atoms with Crippen LogP contribution in [0.25, 0.3) is 0 Å². The van der Waals surface area contributed by atoms with Gasteiger partial charge in [0.1, 0.15) is 5.82 Å². The van der Waals surface area contributed by atoms with Crippen molar-refractivity contribution in [2.45, 2.75) is 12.5 Å². The highest BCUT2D eigenvalue weighted by Crippen LogP contribution is 2.32. The molecule has 3 rings (SSSR count). The molecule has 1 atom stereocenters. The van der Waals surface area contributed by atoms with E-state index in [1.165, 1.54) is 5.56 Å². The van der Waals surface area contributed by atoms with Gasteiger partial charge >= 0.3 is 0 Å². The molecule has 1 aromatic heterocycles. The number of rotatable bonds is 1. The van der Waals surface area contributed by atoms with E-state index in [1.54, 1.807) is 0 Å². The summed E-state index contributed by atoms with van der Waals surface area (Å²) in [6.45, 7) is 0. The van der Waals surface area contributed by atoms with Crippen LogP contribution in [0.15, 0.2) is 24.3 Å². The maximum absolute atomic E-state index is 5.47. The Morgan fingerprint density at radius 3 is 2.93 bits per heavy atom. The first-order chi connectivity index (χ1) is 7.33. The van der Waals surface area contributed by atoms with E-state index in [9.17, 15) is 0 Å². The Morgan fingerprint density at radius 2 is 2.20 bits per heavy atom. The van der Waals surface area contributed by atoms with Crippen molar-refractivity contribution in [3.63, 3.8) is 0 Å². The smallest absolute Gasteiger partial charge is 0.239 e. The summed E-state index contributed by atoms with van der Waals surface area (Å²) in [5.41, 5.74) is 7.94. The van der Waals surface area contributed by atoms with Gasteiger partial charge in [-0.3, -0.25) is 5.10 Å². The molecule has 5 nitrogen and oxygen atoms in total. The fourth-order valence-corrected chi connectivity index (χ4v) is 1.91. The fraction of sp³-hybridized carbons (Fsp3) is 0.200. The zero-order valence-electron chi connectivity index (χ0n) is 8.07. The molecule has 5 heteroatoms. The molecule has 0 fully saturated rings. The van der Waals surface area contributed by atoms with Gasteiger partial charge in [0.2, 0.25) is 5.95 Å². The van der Waals surface area contributed by atoms with Crippen LogP contribution in [0.5, 0.6) is 0 Å². The number of hydrogen-bond donors (Lipinski definition) is 3. The van der Waals surface area contributed by atoms with Gasteiger partial charge in [-0.2, -0.15) is 4.98 Å². The lowest BCUT2D eigenvalue weighted by molar-refractivity contribution is 0.753. The number of nitrogens with one attached hydrogen (secondary N) is 2. The summed E-state index contributed by atoms with van der Waals surface area (Å²) < 4.78 is 0. The van der Waals surface area contributed by atoms with Gasteiger partial charge in [0.25, 0.3) is 0 Å². The highest BCUT2D eigenvalue weighted by Gasteiger charge is 2.23. The summed E-state index contributed by atoms with van der Waals surface area (Å²) in [7, 11) is 0. The molecule has 1 aliphatic rings. The number of nitrogen functional groups attached to an aromatic ring is 1. The molecule has 0 saturated carbocycles. The number of para-hydroxylation sites is 1. The number of fused-ring (bicyclic) bond motifs is 1. The monoisotopic (exact) mass is 201 g/mol. The molecule has 1 unspecified atom stereocenters. The minimum atomic E-state index is 0.159. The third-order valence-electron chi connectivity index (χ3n) is 2.62. The Labute approximate surface area is 86.7 Å². The number of aromatic amines is 1. The quantitative estimate of drug-likeness (QED) is 0.645. The number of anilines is 2. The van der Waals surface area contributed by atoms with Crippen LogP contribution in [-0.4, -0.2) is 15.2 Å². The van der Waals surface area contributed by atoms with E-state index in [2.05, 4.69) is 32.6 Å². The normalized spacial score (nSPS) is 18.5. The number of aromatic nitrogens is 3. The second-order valence-electron chi connectivity index (χ2n) is 3.64. The molecule has 1 aromatic carbocycles. The minimum absolute atomic E-state index is 0.159. The summed E-state index contributed by atoms with van der Waals surface area (Å²) in [5.74, 6) is 1.09. The van der Waals surface area contributed by atoms with Crippen molar-refractivity contribution in [1.29, 1.82) is 0 Å². The third kappa shape index (κ3) is 1.32. The lowest BCUT2D eigenvalue weighted by Crippen LogP contribution is -2.07. The van der Waals surface area contributed by atoms with Gasteiger partial charge in [-0.15, -0.1) is 5.10 Å². The maximum atomic E-state index is 5.47. The standard InChI is InChI=1S/C10H11N5/c11-10-13-9(14-15-10)8-5-6-3-1-2-4-7(6)12-8/h1-4,8,12H,5H2,(H3,11,13,14,15). The van der Waals surface area contributed by atoms with E-state index >= 15 is 0 Å². The topological polar surface area (TPSA) is 79.6 Å². The average Bonchev–Trinajstić information content (AvgIpc) is 2.82. The summed E-state index contributed by atoms with van der Waals surface area (Å²) in [4.78, 5) is 4.12. The summed E-state index contributed by atoms with van der Waals surface area (Å²) >= 11 is 0. The molecular formula is C10H11N5. The van der Waals surface area contributed by atoms with E-state index < -0.39 is 0 Å². The number of H-pyrrole nitrogens is 1. The van der Waals surface area contributed by atoms with Crippen molar-refractivity contribution >= 4 is 11.6 Å². The van der Waals surface area contributed by atoms with Crippen molar-refractivity contribution in [2.75, 3.05) is 11.1 Å². The molecule has 0 radical (unpaired) electrons. The van der Waals surface area contributed by atoms with Crippen LogP contribution in [0, 0.1) is 0 Å². The van der Waals surface area contributed by atoms with E-state index in [0.29, 0.717) is 5.95 Å². The molecular weight excluding hydrogens is 190 g/mol. The summed E-state index contributed by atoms with van der Waals surface area (Å²) in [6.07, 6.45) is 0.921. The van der Waals surface area contributed by atoms with E-state index in [1.807, 2.05) is 12.1 Å².